The lowest BCUT2D eigenvalue weighted by atomic mass is 9.99. The van der Waals surface area contributed by atoms with Crippen LogP contribution in [0.2, 0.25) is 0 Å². The number of rotatable bonds is 3. The first-order chi connectivity index (χ1) is 12.2. The number of likely N-dealkylation sites (tertiary alicyclic amines) is 1. The number of nitrogens with zero attached hydrogens (tertiary/aromatic N) is 2. The molecule has 1 aromatic carbocycles. The lowest BCUT2D eigenvalue weighted by Crippen LogP contribution is -2.45. The Bertz CT molecular complexity index is 796. The maximum Gasteiger partial charge on any atom is 0.326 e. The second-order valence-corrected chi connectivity index (χ2v) is 7.25. The van der Waals surface area contributed by atoms with Gasteiger partial charge < -0.3 is 19.4 Å². The Kier molecular flexibility index (Phi) is 4.56. The summed E-state index contributed by atoms with van der Waals surface area (Å²) in [5.41, 5.74) is 2.90. The topological polar surface area (TPSA) is 59.5 Å². The van der Waals surface area contributed by atoms with Crippen molar-refractivity contribution in [1.29, 1.82) is 0 Å². The molecule has 2 fully saturated rings. The van der Waals surface area contributed by atoms with Gasteiger partial charge in [-0.05, 0) is 44.2 Å². The molecule has 1 N–H and O–H groups in total. The first-order valence-corrected chi connectivity index (χ1v) is 9.28. The summed E-state index contributed by atoms with van der Waals surface area (Å²) >= 11 is 0. The van der Waals surface area contributed by atoms with Crippen LogP contribution < -0.4 is 10.4 Å². The second-order valence-electron chi connectivity index (χ2n) is 7.25. The molecule has 2 aliphatic rings. The molecule has 25 heavy (non-hydrogen) atoms. The normalized spacial score (nSPS) is 21.0. The number of H-pyrrole nitrogens is 1. The predicted molar refractivity (Wildman–Crippen MR) is 97.5 cm³/mol. The van der Waals surface area contributed by atoms with Gasteiger partial charge in [0.2, 0.25) is 0 Å². The zero-order chi connectivity index (χ0) is 17.4. The molecule has 3 heterocycles. The number of imidazole rings is 1. The third-order valence-corrected chi connectivity index (χ3v) is 5.80. The molecule has 0 amide bonds. The van der Waals surface area contributed by atoms with E-state index < -0.39 is 0 Å². The van der Waals surface area contributed by atoms with Crippen molar-refractivity contribution in [2.45, 2.75) is 44.7 Å². The van der Waals surface area contributed by atoms with E-state index in [1.165, 1.54) is 0 Å². The smallest absolute Gasteiger partial charge is 0.326 e. The molecule has 0 atom stereocenters. The summed E-state index contributed by atoms with van der Waals surface area (Å²) < 4.78 is 12.8. The third-order valence-electron chi connectivity index (χ3n) is 5.80. The summed E-state index contributed by atoms with van der Waals surface area (Å²) in [4.78, 5) is 18.2. The van der Waals surface area contributed by atoms with Crippen LogP contribution in [0.15, 0.2) is 16.9 Å². The number of nitrogens with one attached hydrogen (secondary N) is 1. The van der Waals surface area contributed by atoms with Crippen LogP contribution in [0.3, 0.4) is 0 Å². The second kappa shape index (κ2) is 6.84. The van der Waals surface area contributed by atoms with E-state index in [2.05, 4.69) is 16.0 Å². The standard InChI is InChI=1S/C19H27N3O3/c1-13-11-17-16(12-18(13)24-2)20-19(23)22(17)15-3-7-21(8-4-15)14-5-9-25-10-6-14/h11-12,14-15H,3-10H2,1-2H3,(H,20,23). The first-order valence-electron chi connectivity index (χ1n) is 9.28. The number of aromatic amines is 1. The van der Waals surface area contributed by atoms with Crippen LogP contribution in [0.5, 0.6) is 5.75 Å². The fourth-order valence-corrected chi connectivity index (χ4v) is 4.40. The molecule has 1 aromatic heterocycles. The first kappa shape index (κ1) is 16.7. The summed E-state index contributed by atoms with van der Waals surface area (Å²) in [5, 5.41) is 0. The number of aryl methyl sites for hydroxylation is 1. The van der Waals surface area contributed by atoms with E-state index in [1.807, 2.05) is 17.6 Å². The van der Waals surface area contributed by atoms with E-state index in [4.69, 9.17) is 9.47 Å². The summed E-state index contributed by atoms with van der Waals surface area (Å²) in [6, 6.07) is 4.92. The van der Waals surface area contributed by atoms with Gasteiger partial charge in [0.25, 0.3) is 0 Å². The molecule has 2 saturated heterocycles. The summed E-state index contributed by atoms with van der Waals surface area (Å²) in [7, 11) is 1.66. The maximum absolute atomic E-state index is 12.6. The maximum atomic E-state index is 12.6. The van der Waals surface area contributed by atoms with Crippen molar-refractivity contribution < 1.29 is 9.47 Å². The zero-order valence-corrected chi connectivity index (χ0v) is 15.1. The van der Waals surface area contributed by atoms with Crippen LogP contribution in [-0.2, 0) is 4.74 Å². The lowest BCUT2D eigenvalue weighted by molar-refractivity contribution is 0.0220. The third kappa shape index (κ3) is 3.09. The Morgan fingerprint density at radius 1 is 1.12 bits per heavy atom. The number of methoxy groups -OCH3 is 1. The van der Waals surface area contributed by atoms with E-state index in [1.54, 1.807) is 7.11 Å². The van der Waals surface area contributed by atoms with E-state index >= 15 is 0 Å². The van der Waals surface area contributed by atoms with Gasteiger partial charge in [-0.2, -0.15) is 0 Å². The van der Waals surface area contributed by atoms with Gasteiger partial charge in [-0.3, -0.25) is 4.57 Å². The number of hydrogen-bond acceptors (Lipinski definition) is 4. The summed E-state index contributed by atoms with van der Waals surface area (Å²) in [6.45, 7) is 5.90. The molecule has 6 nitrogen and oxygen atoms in total. The Morgan fingerprint density at radius 3 is 2.52 bits per heavy atom. The molecule has 0 unspecified atom stereocenters. The zero-order valence-electron chi connectivity index (χ0n) is 15.1. The van der Waals surface area contributed by atoms with Gasteiger partial charge in [-0.15, -0.1) is 0 Å². The average Bonchev–Trinajstić information content (AvgIpc) is 2.96. The van der Waals surface area contributed by atoms with E-state index in [0.717, 1.165) is 74.3 Å². The highest BCUT2D eigenvalue weighted by atomic mass is 16.5. The number of benzene rings is 1. The van der Waals surface area contributed by atoms with Crippen molar-refractivity contribution in [2.24, 2.45) is 0 Å². The van der Waals surface area contributed by atoms with Crippen molar-refractivity contribution in [3.63, 3.8) is 0 Å². The fraction of sp³-hybridized carbons (Fsp3) is 0.632. The van der Waals surface area contributed by atoms with Gasteiger partial charge in [0.05, 0.1) is 18.1 Å². The molecule has 0 aliphatic carbocycles. The van der Waals surface area contributed by atoms with Crippen LogP contribution in [0.4, 0.5) is 0 Å². The highest BCUT2D eigenvalue weighted by molar-refractivity contribution is 5.78. The average molecular weight is 345 g/mol. The number of aromatic nitrogens is 2. The molecular weight excluding hydrogens is 318 g/mol. The quantitative estimate of drug-likeness (QED) is 0.928. The Hall–Kier alpha value is -1.79. The van der Waals surface area contributed by atoms with Crippen LogP contribution in [-0.4, -0.2) is 53.9 Å². The molecule has 0 bridgehead atoms. The van der Waals surface area contributed by atoms with Crippen molar-refractivity contribution >= 4 is 11.0 Å². The fourth-order valence-electron chi connectivity index (χ4n) is 4.40. The number of hydrogen-bond donors (Lipinski definition) is 1. The van der Waals surface area contributed by atoms with Crippen molar-refractivity contribution in [3.05, 3.63) is 28.2 Å². The van der Waals surface area contributed by atoms with Crippen molar-refractivity contribution in [3.8, 4) is 5.75 Å². The molecule has 136 valence electrons. The summed E-state index contributed by atoms with van der Waals surface area (Å²) in [5.74, 6) is 0.815. The van der Waals surface area contributed by atoms with E-state index in [9.17, 15) is 4.79 Å². The Balaban J connectivity index is 1.55. The van der Waals surface area contributed by atoms with Gasteiger partial charge in [0, 0.05) is 44.5 Å². The van der Waals surface area contributed by atoms with Crippen LogP contribution in [0.25, 0.3) is 11.0 Å². The van der Waals surface area contributed by atoms with Crippen LogP contribution in [0, 0.1) is 6.92 Å². The monoisotopic (exact) mass is 345 g/mol. The molecule has 2 aliphatic heterocycles. The molecule has 6 heteroatoms. The predicted octanol–water partition coefficient (Wildman–Crippen LogP) is 2.46. The molecule has 0 radical (unpaired) electrons. The number of fused-ring (bicyclic) bond motifs is 1. The summed E-state index contributed by atoms with van der Waals surface area (Å²) in [6.07, 6.45) is 4.32. The highest BCUT2D eigenvalue weighted by Crippen LogP contribution is 2.30. The van der Waals surface area contributed by atoms with Crippen LogP contribution >= 0.6 is 0 Å². The van der Waals surface area contributed by atoms with Crippen molar-refractivity contribution in [1.82, 2.24) is 14.5 Å². The van der Waals surface area contributed by atoms with Gasteiger partial charge in [-0.1, -0.05) is 0 Å². The molecule has 0 spiro atoms. The number of piperidine rings is 1. The molecule has 2 aromatic rings. The van der Waals surface area contributed by atoms with Crippen molar-refractivity contribution in [2.75, 3.05) is 33.4 Å². The molecular formula is C19H27N3O3. The molecule has 0 saturated carbocycles. The Morgan fingerprint density at radius 2 is 1.84 bits per heavy atom. The lowest BCUT2D eigenvalue weighted by Gasteiger charge is -2.39. The highest BCUT2D eigenvalue weighted by Gasteiger charge is 2.28. The van der Waals surface area contributed by atoms with E-state index in [-0.39, 0.29) is 11.7 Å². The van der Waals surface area contributed by atoms with E-state index in [0.29, 0.717) is 6.04 Å². The largest absolute Gasteiger partial charge is 0.496 e. The Labute approximate surface area is 147 Å². The minimum atomic E-state index is -0.00725. The van der Waals surface area contributed by atoms with Gasteiger partial charge in [0.15, 0.2) is 0 Å². The van der Waals surface area contributed by atoms with Crippen LogP contribution in [0.1, 0.15) is 37.3 Å². The SMILES string of the molecule is COc1cc2[nH]c(=O)n(C3CCN(C4CCOCC4)CC3)c2cc1C. The van der Waals surface area contributed by atoms with Gasteiger partial charge >= 0.3 is 5.69 Å². The minimum Gasteiger partial charge on any atom is -0.496 e. The van der Waals surface area contributed by atoms with Gasteiger partial charge in [0.1, 0.15) is 5.75 Å². The van der Waals surface area contributed by atoms with Gasteiger partial charge in [-0.25, -0.2) is 4.79 Å². The minimum absolute atomic E-state index is 0.00725. The molecule has 4 rings (SSSR count). The number of ether oxygens (including phenoxy) is 2.